The second-order valence-electron chi connectivity index (χ2n) is 3.72. The van der Waals surface area contributed by atoms with Gasteiger partial charge in [0, 0.05) is 10.5 Å². The first-order valence-electron chi connectivity index (χ1n) is 5.23. The Kier molecular flexibility index (Phi) is 3.49. The molecule has 0 saturated heterocycles. The molecule has 1 aromatic heterocycles. The Morgan fingerprint density at radius 3 is 2.88 bits per heavy atom. The molecular formula is C12H13N3S2. The van der Waals surface area contributed by atoms with E-state index in [2.05, 4.69) is 29.4 Å². The molecule has 0 bridgehead atoms. The molecule has 0 aliphatic carbocycles. The van der Waals surface area contributed by atoms with Crippen molar-refractivity contribution in [1.82, 2.24) is 14.8 Å². The summed E-state index contributed by atoms with van der Waals surface area (Å²) in [5.74, 6) is 0.785. The van der Waals surface area contributed by atoms with E-state index in [4.69, 9.17) is 12.2 Å². The summed E-state index contributed by atoms with van der Waals surface area (Å²) in [5, 5.41) is 7.08. The minimum atomic E-state index is 0.0872. The molecule has 1 atom stereocenters. The van der Waals surface area contributed by atoms with E-state index in [-0.39, 0.29) is 6.04 Å². The maximum Gasteiger partial charge on any atom is 0.195 e. The molecule has 1 N–H and O–H groups in total. The van der Waals surface area contributed by atoms with Gasteiger partial charge in [-0.1, -0.05) is 24.3 Å². The van der Waals surface area contributed by atoms with Crippen LogP contribution in [0.5, 0.6) is 0 Å². The standard InChI is InChI=1S/C12H13N3S2/c1-3-8(2)15-11(13-14-12(15)17)9-6-4-5-7-10(9)16/h3-8,16H,1H2,2H3,(H,14,17). The van der Waals surface area contributed by atoms with Crippen molar-refractivity contribution in [3.8, 4) is 11.4 Å². The summed E-state index contributed by atoms with van der Waals surface area (Å²) in [6.07, 6.45) is 1.83. The molecule has 0 radical (unpaired) electrons. The smallest absolute Gasteiger partial charge is 0.195 e. The lowest BCUT2D eigenvalue weighted by molar-refractivity contribution is 0.657. The molecule has 1 unspecified atom stereocenters. The number of H-pyrrole nitrogens is 1. The van der Waals surface area contributed by atoms with Crippen molar-refractivity contribution in [2.45, 2.75) is 17.9 Å². The second kappa shape index (κ2) is 4.89. The van der Waals surface area contributed by atoms with Crippen molar-refractivity contribution >= 4 is 24.8 Å². The third-order valence-corrected chi connectivity index (χ3v) is 3.28. The van der Waals surface area contributed by atoms with E-state index in [1.807, 2.05) is 41.8 Å². The summed E-state index contributed by atoms with van der Waals surface area (Å²) in [7, 11) is 0. The second-order valence-corrected chi connectivity index (χ2v) is 4.58. The molecule has 0 aliphatic rings. The minimum Gasteiger partial charge on any atom is -0.293 e. The van der Waals surface area contributed by atoms with Crippen LogP contribution in [-0.4, -0.2) is 14.8 Å². The predicted octanol–water partition coefficient (Wildman–Crippen LogP) is 3.64. The van der Waals surface area contributed by atoms with Gasteiger partial charge in [0.2, 0.25) is 0 Å². The molecule has 1 heterocycles. The van der Waals surface area contributed by atoms with Crippen LogP contribution in [0.3, 0.4) is 0 Å². The molecule has 0 spiro atoms. The van der Waals surface area contributed by atoms with Crippen LogP contribution in [-0.2, 0) is 0 Å². The molecule has 3 nitrogen and oxygen atoms in total. The first-order valence-corrected chi connectivity index (χ1v) is 6.08. The highest BCUT2D eigenvalue weighted by Gasteiger charge is 2.13. The molecule has 0 saturated carbocycles. The van der Waals surface area contributed by atoms with Crippen molar-refractivity contribution in [1.29, 1.82) is 0 Å². The number of rotatable bonds is 3. The number of hydrogen-bond acceptors (Lipinski definition) is 3. The largest absolute Gasteiger partial charge is 0.293 e. The van der Waals surface area contributed by atoms with Crippen molar-refractivity contribution in [3.05, 3.63) is 41.7 Å². The van der Waals surface area contributed by atoms with Crippen LogP contribution in [0.15, 0.2) is 41.8 Å². The zero-order chi connectivity index (χ0) is 12.4. The average Bonchev–Trinajstić information content (AvgIpc) is 2.71. The van der Waals surface area contributed by atoms with E-state index in [0.29, 0.717) is 4.77 Å². The van der Waals surface area contributed by atoms with E-state index < -0.39 is 0 Å². The van der Waals surface area contributed by atoms with Gasteiger partial charge in [0.15, 0.2) is 10.6 Å². The van der Waals surface area contributed by atoms with Gasteiger partial charge in [0.1, 0.15) is 0 Å². The Morgan fingerprint density at radius 1 is 1.53 bits per heavy atom. The van der Waals surface area contributed by atoms with Gasteiger partial charge in [-0.2, -0.15) is 5.10 Å². The average molecular weight is 263 g/mol. The highest BCUT2D eigenvalue weighted by molar-refractivity contribution is 7.80. The molecule has 17 heavy (non-hydrogen) atoms. The lowest BCUT2D eigenvalue weighted by Gasteiger charge is -2.12. The van der Waals surface area contributed by atoms with Gasteiger partial charge in [0.05, 0.1) is 6.04 Å². The van der Waals surface area contributed by atoms with Crippen LogP contribution in [0.1, 0.15) is 13.0 Å². The lowest BCUT2D eigenvalue weighted by Crippen LogP contribution is -2.04. The summed E-state index contributed by atoms with van der Waals surface area (Å²) in [5.41, 5.74) is 0.955. The highest BCUT2D eigenvalue weighted by Crippen LogP contribution is 2.26. The first-order chi connectivity index (χ1) is 8.15. The van der Waals surface area contributed by atoms with Gasteiger partial charge in [-0.05, 0) is 25.2 Å². The van der Waals surface area contributed by atoms with Gasteiger partial charge in [-0.25, -0.2) is 0 Å². The number of thiol groups is 1. The van der Waals surface area contributed by atoms with Gasteiger partial charge >= 0.3 is 0 Å². The van der Waals surface area contributed by atoms with Gasteiger partial charge in [0.25, 0.3) is 0 Å². The molecule has 0 amide bonds. The van der Waals surface area contributed by atoms with E-state index in [1.165, 1.54) is 0 Å². The Morgan fingerprint density at radius 2 is 2.24 bits per heavy atom. The van der Waals surface area contributed by atoms with Crippen molar-refractivity contribution in [3.63, 3.8) is 0 Å². The fourth-order valence-electron chi connectivity index (χ4n) is 1.64. The van der Waals surface area contributed by atoms with Gasteiger partial charge < -0.3 is 0 Å². The normalized spacial score (nSPS) is 12.4. The van der Waals surface area contributed by atoms with Gasteiger partial charge in [-0.3, -0.25) is 9.67 Å². The fraction of sp³-hybridized carbons (Fsp3) is 0.167. The number of benzene rings is 1. The van der Waals surface area contributed by atoms with Crippen LogP contribution in [0.2, 0.25) is 0 Å². The van der Waals surface area contributed by atoms with Crippen LogP contribution in [0.4, 0.5) is 0 Å². The molecule has 1 aromatic carbocycles. The molecule has 2 rings (SSSR count). The van der Waals surface area contributed by atoms with Crippen LogP contribution in [0, 0.1) is 4.77 Å². The first kappa shape index (κ1) is 12.1. The number of nitrogens with zero attached hydrogens (tertiary/aromatic N) is 2. The Bertz CT molecular complexity index is 598. The third-order valence-electron chi connectivity index (χ3n) is 2.60. The van der Waals surface area contributed by atoms with Gasteiger partial charge in [-0.15, -0.1) is 19.2 Å². The van der Waals surface area contributed by atoms with E-state index in [0.717, 1.165) is 16.3 Å². The van der Waals surface area contributed by atoms with Crippen molar-refractivity contribution in [2.24, 2.45) is 0 Å². The monoisotopic (exact) mass is 263 g/mol. The Hall–Kier alpha value is -1.33. The quantitative estimate of drug-likeness (QED) is 0.503. The maximum atomic E-state index is 5.23. The third kappa shape index (κ3) is 2.21. The van der Waals surface area contributed by atoms with E-state index in [9.17, 15) is 0 Å². The van der Waals surface area contributed by atoms with E-state index in [1.54, 1.807) is 0 Å². The Labute approximate surface area is 111 Å². The molecule has 0 fully saturated rings. The molecule has 0 aliphatic heterocycles. The van der Waals surface area contributed by atoms with Crippen molar-refractivity contribution < 1.29 is 0 Å². The van der Waals surface area contributed by atoms with Crippen LogP contribution >= 0.6 is 24.8 Å². The SMILES string of the molecule is C=CC(C)n1c(-c2ccccc2S)n[nH]c1=S. The zero-order valence-electron chi connectivity index (χ0n) is 9.42. The van der Waals surface area contributed by atoms with Crippen LogP contribution < -0.4 is 0 Å². The Balaban J connectivity index is 2.65. The lowest BCUT2D eigenvalue weighted by atomic mass is 10.2. The number of nitrogens with one attached hydrogen (secondary N) is 1. The summed E-state index contributed by atoms with van der Waals surface area (Å²) >= 11 is 9.67. The molecule has 88 valence electrons. The number of hydrogen-bond donors (Lipinski definition) is 2. The number of allylic oxidation sites excluding steroid dienone is 1. The predicted molar refractivity (Wildman–Crippen MR) is 75.0 cm³/mol. The summed E-state index contributed by atoms with van der Waals surface area (Å²) < 4.78 is 2.51. The highest BCUT2D eigenvalue weighted by atomic mass is 32.1. The number of aromatic amines is 1. The topological polar surface area (TPSA) is 33.6 Å². The fourth-order valence-corrected chi connectivity index (χ4v) is 2.20. The summed E-state index contributed by atoms with van der Waals surface area (Å²) in [6, 6.07) is 7.88. The maximum absolute atomic E-state index is 5.23. The van der Waals surface area contributed by atoms with Crippen LogP contribution in [0.25, 0.3) is 11.4 Å². The molecule has 2 aromatic rings. The number of aromatic nitrogens is 3. The molecular weight excluding hydrogens is 250 g/mol. The summed E-state index contributed by atoms with van der Waals surface area (Å²) in [6.45, 7) is 5.80. The van der Waals surface area contributed by atoms with Crippen molar-refractivity contribution in [2.75, 3.05) is 0 Å². The summed E-state index contributed by atoms with van der Waals surface area (Å²) in [4.78, 5) is 0.874. The minimum absolute atomic E-state index is 0.0872. The molecule has 5 heteroatoms. The van der Waals surface area contributed by atoms with E-state index >= 15 is 0 Å². The zero-order valence-corrected chi connectivity index (χ0v) is 11.1.